The van der Waals surface area contributed by atoms with E-state index in [0.717, 1.165) is 37.7 Å². The smallest absolute Gasteiger partial charge is 0.317 e. The number of piperazine rings is 1. The van der Waals surface area contributed by atoms with E-state index >= 15 is 0 Å². The van der Waals surface area contributed by atoms with Crippen LogP contribution in [0.3, 0.4) is 0 Å². The highest BCUT2D eigenvalue weighted by Gasteiger charge is 2.38. The highest BCUT2D eigenvalue weighted by molar-refractivity contribution is 5.74. The summed E-state index contributed by atoms with van der Waals surface area (Å²) in [5.74, 6) is 0.643. The number of hydrogen-bond acceptors (Lipinski definition) is 4. The molecule has 1 aromatic rings. The number of benzene rings is 1. The van der Waals surface area contributed by atoms with Gasteiger partial charge in [-0.1, -0.05) is 6.07 Å². The topological polar surface area (TPSA) is 48.1 Å². The number of fused-ring (bicyclic) bond motifs is 3. The molecular formula is C20H29FN4O2. The third-order valence-electron chi connectivity index (χ3n) is 6.35. The van der Waals surface area contributed by atoms with Crippen molar-refractivity contribution >= 4 is 6.03 Å². The first-order valence-electron chi connectivity index (χ1n) is 9.95. The number of ether oxygens (including phenoxy) is 1. The molecule has 0 radical (unpaired) electrons. The van der Waals surface area contributed by atoms with Gasteiger partial charge in [0.2, 0.25) is 0 Å². The Hall–Kier alpha value is -1.86. The lowest BCUT2D eigenvalue weighted by atomic mass is 9.83. The first-order valence-corrected chi connectivity index (χ1v) is 9.95. The monoisotopic (exact) mass is 376 g/mol. The molecule has 4 aliphatic heterocycles. The zero-order valence-corrected chi connectivity index (χ0v) is 16.0. The molecule has 0 aliphatic carbocycles. The van der Waals surface area contributed by atoms with Crippen molar-refractivity contribution in [2.75, 3.05) is 52.9 Å². The van der Waals surface area contributed by atoms with Crippen LogP contribution in [0.15, 0.2) is 18.2 Å². The maximum Gasteiger partial charge on any atom is 0.317 e. The number of urea groups is 1. The summed E-state index contributed by atoms with van der Waals surface area (Å²) in [5.41, 5.74) is 0.729. The van der Waals surface area contributed by atoms with E-state index in [1.165, 1.54) is 45.7 Å². The zero-order valence-electron chi connectivity index (χ0n) is 16.0. The number of hydrogen-bond donors (Lipinski definition) is 1. The minimum atomic E-state index is -0.407. The molecule has 4 fully saturated rings. The Bertz CT molecular complexity index is 670. The highest BCUT2D eigenvalue weighted by atomic mass is 19.1. The van der Waals surface area contributed by atoms with Crippen LogP contribution in [0.4, 0.5) is 9.18 Å². The molecule has 2 bridgehead atoms. The van der Waals surface area contributed by atoms with Gasteiger partial charge in [0.1, 0.15) is 0 Å². The molecular weight excluding hydrogens is 347 g/mol. The summed E-state index contributed by atoms with van der Waals surface area (Å²) in [5, 5.41) is 2.91. The predicted octanol–water partition coefficient (Wildman–Crippen LogP) is 1.76. The number of nitrogens with zero attached hydrogens (tertiary/aromatic N) is 3. The summed E-state index contributed by atoms with van der Waals surface area (Å²) in [6.07, 6.45) is 2.65. The number of amides is 2. The minimum absolute atomic E-state index is 0.0696. The van der Waals surface area contributed by atoms with Crippen molar-refractivity contribution in [2.24, 2.45) is 5.92 Å². The van der Waals surface area contributed by atoms with E-state index in [-0.39, 0.29) is 11.8 Å². The van der Waals surface area contributed by atoms with Crippen LogP contribution in [0, 0.1) is 11.7 Å². The largest absolute Gasteiger partial charge is 0.494 e. The molecule has 1 atom stereocenters. The molecule has 2 amide bonds. The molecule has 4 saturated heterocycles. The first-order chi connectivity index (χ1) is 13.1. The normalized spacial score (nSPS) is 28.2. The van der Waals surface area contributed by atoms with E-state index < -0.39 is 5.82 Å². The number of piperidine rings is 3. The van der Waals surface area contributed by atoms with Crippen molar-refractivity contribution in [3.63, 3.8) is 0 Å². The average Bonchev–Trinajstić information content (AvgIpc) is 2.73. The van der Waals surface area contributed by atoms with Crippen LogP contribution in [0.25, 0.3) is 0 Å². The van der Waals surface area contributed by atoms with Crippen LogP contribution >= 0.6 is 0 Å². The number of rotatable bonds is 4. The van der Waals surface area contributed by atoms with Crippen LogP contribution in [-0.2, 0) is 6.54 Å². The number of carbonyl (C=O) groups excluding carboxylic acids is 1. The number of carbonyl (C=O) groups is 1. The van der Waals surface area contributed by atoms with Crippen molar-refractivity contribution < 1.29 is 13.9 Å². The summed E-state index contributed by atoms with van der Waals surface area (Å²) in [6.45, 7) is 7.43. The molecule has 0 aromatic heterocycles. The highest BCUT2D eigenvalue weighted by Crippen LogP contribution is 2.31. The van der Waals surface area contributed by atoms with E-state index in [1.807, 2.05) is 4.90 Å². The molecule has 4 heterocycles. The summed E-state index contributed by atoms with van der Waals surface area (Å²) < 4.78 is 18.7. The lowest BCUT2D eigenvalue weighted by molar-refractivity contribution is -0.0103. The Morgan fingerprint density at radius 1 is 1.19 bits per heavy atom. The quantitative estimate of drug-likeness (QED) is 0.870. The molecule has 1 N–H and O–H groups in total. The van der Waals surface area contributed by atoms with Gasteiger partial charge in [-0.05, 0) is 49.5 Å². The van der Waals surface area contributed by atoms with Crippen LogP contribution in [-0.4, -0.2) is 79.7 Å². The molecule has 1 aromatic carbocycles. The van der Waals surface area contributed by atoms with Gasteiger partial charge in [0, 0.05) is 45.3 Å². The Kier molecular flexibility index (Phi) is 5.50. The van der Waals surface area contributed by atoms with Gasteiger partial charge in [-0.15, -0.1) is 0 Å². The van der Waals surface area contributed by atoms with Gasteiger partial charge in [-0.2, -0.15) is 0 Å². The van der Waals surface area contributed by atoms with Gasteiger partial charge in [-0.3, -0.25) is 4.90 Å². The van der Waals surface area contributed by atoms with Crippen LogP contribution in [0.1, 0.15) is 18.4 Å². The van der Waals surface area contributed by atoms with Gasteiger partial charge in [0.25, 0.3) is 0 Å². The van der Waals surface area contributed by atoms with Crippen molar-refractivity contribution in [2.45, 2.75) is 25.4 Å². The predicted molar refractivity (Wildman–Crippen MR) is 101 cm³/mol. The standard InChI is InChI=1S/C20H29FN4O2/c1-27-19-3-2-15(12-17(19)21)13-22-20(26)25-10-8-24(9-11-25)18-14-23-6-4-16(18)5-7-23/h2-3,12,16,18H,4-11,13-14H2,1H3,(H,22,26)/t18-/m1/s1. The number of methoxy groups -OCH3 is 1. The van der Waals surface area contributed by atoms with E-state index in [1.54, 1.807) is 12.1 Å². The Morgan fingerprint density at radius 3 is 2.52 bits per heavy atom. The van der Waals surface area contributed by atoms with Gasteiger partial charge >= 0.3 is 6.03 Å². The minimum Gasteiger partial charge on any atom is -0.494 e. The van der Waals surface area contributed by atoms with E-state index in [2.05, 4.69) is 15.1 Å². The number of nitrogens with one attached hydrogen (secondary N) is 1. The Balaban J connectivity index is 1.24. The molecule has 27 heavy (non-hydrogen) atoms. The lowest BCUT2D eigenvalue weighted by Gasteiger charge is -2.50. The Morgan fingerprint density at radius 2 is 1.93 bits per heavy atom. The maximum atomic E-state index is 13.8. The summed E-state index contributed by atoms with van der Waals surface area (Å²) in [7, 11) is 1.44. The van der Waals surface area contributed by atoms with Crippen molar-refractivity contribution in [3.8, 4) is 5.75 Å². The van der Waals surface area contributed by atoms with Gasteiger partial charge in [-0.25, -0.2) is 9.18 Å². The van der Waals surface area contributed by atoms with E-state index in [0.29, 0.717) is 12.6 Å². The fourth-order valence-corrected chi connectivity index (χ4v) is 4.71. The zero-order chi connectivity index (χ0) is 18.8. The fraction of sp³-hybridized carbons (Fsp3) is 0.650. The third-order valence-corrected chi connectivity index (χ3v) is 6.35. The fourth-order valence-electron chi connectivity index (χ4n) is 4.71. The van der Waals surface area contributed by atoms with Crippen molar-refractivity contribution in [1.29, 1.82) is 0 Å². The molecule has 6 nitrogen and oxygen atoms in total. The van der Waals surface area contributed by atoms with E-state index in [9.17, 15) is 9.18 Å². The molecule has 0 spiro atoms. The van der Waals surface area contributed by atoms with Crippen LogP contribution < -0.4 is 10.1 Å². The van der Waals surface area contributed by atoms with Gasteiger partial charge in [0.15, 0.2) is 11.6 Å². The average molecular weight is 376 g/mol. The molecule has 5 rings (SSSR count). The third kappa shape index (κ3) is 4.04. The lowest BCUT2D eigenvalue weighted by Crippen LogP contribution is -2.62. The van der Waals surface area contributed by atoms with Crippen LogP contribution in [0.5, 0.6) is 5.75 Å². The molecule has 7 heteroatoms. The summed E-state index contributed by atoms with van der Waals surface area (Å²) >= 11 is 0. The maximum absolute atomic E-state index is 13.8. The molecule has 4 aliphatic rings. The second-order valence-electron chi connectivity index (χ2n) is 7.86. The Labute approximate surface area is 160 Å². The van der Waals surface area contributed by atoms with Crippen molar-refractivity contribution in [3.05, 3.63) is 29.6 Å². The van der Waals surface area contributed by atoms with Crippen LogP contribution in [0.2, 0.25) is 0 Å². The van der Waals surface area contributed by atoms with E-state index in [4.69, 9.17) is 4.74 Å². The van der Waals surface area contributed by atoms with Gasteiger partial charge in [0.05, 0.1) is 7.11 Å². The molecule has 148 valence electrons. The number of halogens is 1. The van der Waals surface area contributed by atoms with Gasteiger partial charge < -0.3 is 19.9 Å². The molecule has 0 unspecified atom stereocenters. The second kappa shape index (κ2) is 8.02. The summed E-state index contributed by atoms with van der Waals surface area (Å²) in [4.78, 5) is 19.5. The SMILES string of the molecule is COc1ccc(CNC(=O)N2CCN([C@@H]3CN4CCC3CC4)CC2)cc1F. The second-order valence-corrected chi connectivity index (χ2v) is 7.86. The van der Waals surface area contributed by atoms with Crippen molar-refractivity contribution in [1.82, 2.24) is 20.0 Å². The molecule has 0 saturated carbocycles. The first kappa shape index (κ1) is 18.5. The summed E-state index contributed by atoms with van der Waals surface area (Å²) in [6, 6.07) is 5.36.